The van der Waals surface area contributed by atoms with Crippen molar-refractivity contribution in [1.29, 1.82) is 0 Å². The van der Waals surface area contributed by atoms with Gasteiger partial charge in [0.25, 0.3) is 0 Å². The zero-order chi connectivity index (χ0) is 16.9. The van der Waals surface area contributed by atoms with E-state index in [2.05, 4.69) is 70.8 Å². The summed E-state index contributed by atoms with van der Waals surface area (Å²) in [5.41, 5.74) is 3.83. The van der Waals surface area contributed by atoms with Crippen LogP contribution in [0.2, 0.25) is 0 Å². The standard InChI is InChI=1S/C22H24N2O/c1-2-7-18(8-3-1)17-25-20-9-6-13-24(16-20)14-12-19-15-23-22-11-5-4-10-21(19)22/h1-5,7-8,10-11,15-16,23H,6,9,12-14,17H2. The quantitative estimate of drug-likeness (QED) is 0.698. The van der Waals surface area contributed by atoms with Gasteiger partial charge < -0.3 is 14.6 Å². The van der Waals surface area contributed by atoms with E-state index in [1.165, 1.54) is 22.0 Å². The Morgan fingerprint density at radius 1 is 1.00 bits per heavy atom. The number of fused-ring (bicyclic) bond motifs is 1. The molecule has 3 aromatic rings. The van der Waals surface area contributed by atoms with E-state index in [1.54, 1.807) is 0 Å². The van der Waals surface area contributed by atoms with Gasteiger partial charge in [0, 0.05) is 42.8 Å². The summed E-state index contributed by atoms with van der Waals surface area (Å²) in [5, 5.41) is 1.34. The van der Waals surface area contributed by atoms with Gasteiger partial charge >= 0.3 is 0 Å². The van der Waals surface area contributed by atoms with Gasteiger partial charge in [-0.3, -0.25) is 0 Å². The molecule has 0 amide bonds. The lowest BCUT2D eigenvalue weighted by Crippen LogP contribution is -2.25. The lowest BCUT2D eigenvalue weighted by atomic mass is 10.1. The van der Waals surface area contributed by atoms with Crippen LogP contribution in [0.25, 0.3) is 10.9 Å². The molecule has 0 saturated carbocycles. The maximum Gasteiger partial charge on any atom is 0.113 e. The van der Waals surface area contributed by atoms with Crippen LogP contribution in [-0.2, 0) is 17.8 Å². The Kier molecular flexibility index (Phi) is 4.73. The van der Waals surface area contributed by atoms with E-state index in [0.29, 0.717) is 6.61 Å². The van der Waals surface area contributed by atoms with E-state index in [9.17, 15) is 0 Å². The van der Waals surface area contributed by atoms with Crippen LogP contribution in [0.15, 0.2) is 72.8 Å². The maximum absolute atomic E-state index is 6.02. The van der Waals surface area contributed by atoms with Crippen molar-refractivity contribution >= 4 is 10.9 Å². The topological polar surface area (TPSA) is 28.3 Å². The Labute approximate surface area is 148 Å². The lowest BCUT2D eigenvalue weighted by Gasteiger charge is -2.26. The maximum atomic E-state index is 6.02. The molecule has 0 spiro atoms. The van der Waals surface area contributed by atoms with Gasteiger partial charge in [-0.2, -0.15) is 0 Å². The minimum absolute atomic E-state index is 0.656. The third-order valence-corrected chi connectivity index (χ3v) is 4.81. The molecule has 1 aliphatic heterocycles. The molecule has 1 aromatic heterocycles. The molecule has 1 N–H and O–H groups in total. The van der Waals surface area contributed by atoms with E-state index in [4.69, 9.17) is 4.74 Å². The Morgan fingerprint density at radius 3 is 2.76 bits per heavy atom. The van der Waals surface area contributed by atoms with Crippen molar-refractivity contribution in [2.45, 2.75) is 25.9 Å². The van der Waals surface area contributed by atoms with Crippen molar-refractivity contribution in [2.24, 2.45) is 0 Å². The highest BCUT2D eigenvalue weighted by molar-refractivity contribution is 5.83. The van der Waals surface area contributed by atoms with Crippen molar-refractivity contribution in [3.8, 4) is 0 Å². The molecule has 0 aliphatic carbocycles. The third kappa shape index (κ3) is 3.87. The summed E-state index contributed by atoms with van der Waals surface area (Å²) in [4.78, 5) is 5.76. The second kappa shape index (κ2) is 7.47. The number of allylic oxidation sites excluding steroid dienone is 1. The van der Waals surface area contributed by atoms with Crippen LogP contribution in [0, 0.1) is 0 Å². The molecule has 0 fully saturated rings. The number of aromatic nitrogens is 1. The molecule has 128 valence electrons. The van der Waals surface area contributed by atoms with Gasteiger partial charge in [-0.15, -0.1) is 0 Å². The highest BCUT2D eigenvalue weighted by atomic mass is 16.5. The van der Waals surface area contributed by atoms with Crippen LogP contribution in [0.5, 0.6) is 0 Å². The summed E-state index contributed by atoms with van der Waals surface area (Å²) in [6, 6.07) is 18.9. The van der Waals surface area contributed by atoms with Gasteiger partial charge in [0.2, 0.25) is 0 Å². The normalized spacial score (nSPS) is 14.6. The first-order valence-corrected chi connectivity index (χ1v) is 9.05. The zero-order valence-corrected chi connectivity index (χ0v) is 14.4. The van der Waals surface area contributed by atoms with Crippen molar-refractivity contribution in [3.63, 3.8) is 0 Å². The van der Waals surface area contributed by atoms with E-state index in [-0.39, 0.29) is 0 Å². The summed E-state index contributed by atoms with van der Waals surface area (Å²) in [6.45, 7) is 2.80. The van der Waals surface area contributed by atoms with Gasteiger partial charge in [0.05, 0.1) is 0 Å². The predicted octanol–water partition coefficient (Wildman–Crippen LogP) is 4.86. The van der Waals surface area contributed by atoms with Crippen molar-refractivity contribution in [1.82, 2.24) is 9.88 Å². The number of hydrogen-bond donors (Lipinski definition) is 1. The summed E-state index contributed by atoms with van der Waals surface area (Å²) in [7, 11) is 0. The van der Waals surface area contributed by atoms with Crippen LogP contribution >= 0.6 is 0 Å². The fourth-order valence-corrected chi connectivity index (χ4v) is 3.43. The number of rotatable bonds is 6. The number of H-pyrrole nitrogens is 1. The molecule has 4 rings (SSSR count). The van der Waals surface area contributed by atoms with Crippen molar-refractivity contribution < 1.29 is 4.74 Å². The smallest absolute Gasteiger partial charge is 0.113 e. The fourth-order valence-electron chi connectivity index (χ4n) is 3.43. The van der Waals surface area contributed by atoms with E-state index < -0.39 is 0 Å². The zero-order valence-electron chi connectivity index (χ0n) is 14.4. The van der Waals surface area contributed by atoms with Crippen LogP contribution in [0.3, 0.4) is 0 Å². The molecular formula is C22H24N2O. The van der Waals surface area contributed by atoms with Crippen molar-refractivity contribution in [2.75, 3.05) is 13.1 Å². The molecule has 3 nitrogen and oxygen atoms in total. The fraction of sp³-hybridized carbons (Fsp3) is 0.273. The van der Waals surface area contributed by atoms with Gasteiger partial charge in [-0.1, -0.05) is 48.5 Å². The molecular weight excluding hydrogens is 308 g/mol. The van der Waals surface area contributed by atoms with E-state index >= 15 is 0 Å². The van der Waals surface area contributed by atoms with Gasteiger partial charge in [-0.05, 0) is 30.0 Å². The largest absolute Gasteiger partial charge is 0.492 e. The SMILES string of the molecule is C1=C(OCc2ccccc2)CCCN1CCc1c[nH]c2ccccc12. The Balaban J connectivity index is 1.36. The summed E-state index contributed by atoms with van der Waals surface area (Å²) in [5.74, 6) is 1.11. The van der Waals surface area contributed by atoms with Gasteiger partial charge in [-0.25, -0.2) is 0 Å². The van der Waals surface area contributed by atoms with Gasteiger partial charge in [0.15, 0.2) is 0 Å². The molecule has 1 aliphatic rings. The van der Waals surface area contributed by atoms with Crippen LogP contribution < -0.4 is 0 Å². The summed E-state index contributed by atoms with van der Waals surface area (Å²) < 4.78 is 6.02. The number of hydrogen-bond acceptors (Lipinski definition) is 2. The lowest BCUT2D eigenvalue weighted by molar-refractivity contribution is 0.165. The minimum Gasteiger partial charge on any atom is -0.492 e. The first kappa shape index (κ1) is 15.8. The molecule has 25 heavy (non-hydrogen) atoms. The molecule has 3 heteroatoms. The molecule has 0 atom stereocenters. The average molecular weight is 332 g/mol. The second-order valence-corrected chi connectivity index (χ2v) is 6.62. The van der Waals surface area contributed by atoms with E-state index in [1.807, 2.05) is 6.07 Å². The van der Waals surface area contributed by atoms with Crippen LogP contribution in [0.1, 0.15) is 24.0 Å². The number of para-hydroxylation sites is 1. The number of aromatic amines is 1. The number of benzene rings is 2. The number of nitrogens with one attached hydrogen (secondary N) is 1. The predicted molar refractivity (Wildman–Crippen MR) is 102 cm³/mol. The number of ether oxygens (including phenoxy) is 1. The summed E-state index contributed by atoms with van der Waals surface area (Å²) in [6.07, 6.45) is 7.60. The second-order valence-electron chi connectivity index (χ2n) is 6.62. The Bertz CT molecular complexity index is 851. The highest BCUT2D eigenvalue weighted by Gasteiger charge is 2.12. The minimum atomic E-state index is 0.656. The number of nitrogens with zero attached hydrogens (tertiary/aromatic N) is 1. The first-order valence-electron chi connectivity index (χ1n) is 9.05. The molecule has 0 unspecified atom stereocenters. The molecule has 0 radical (unpaired) electrons. The third-order valence-electron chi connectivity index (χ3n) is 4.81. The Morgan fingerprint density at radius 2 is 1.84 bits per heavy atom. The molecule has 0 saturated heterocycles. The van der Waals surface area contributed by atoms with Gasteiger partial charge in [0.1, 0.15) is 12.4 Å². The monoisotopic (exact) mass is 332 g/mol. The highest BCUT2D eigenvalue weighted by Crippen LogP contribution is 2.21. The molecule has 2 heterocycles. The summed E-state index contributed by atoms with van der Waals surface area (Å²) >= 11 is 0. The molecule has 2 aromatic carbocycles. The molecule has 0 bridgehead atoms. The first-order chi connectivity index (χ1) is 12.4. The average Bonchev–Trinajstić information content (AvgIpc) is 3.09. The Hall–Kier alpha value is -2.68. The van der Waals surface area contributed by atoms with Crippen molar-refractivity contribution in [3.05, 3.63) is 83.9 Å². The van der Waals surface area contributed by atoms with Crippen LogP contribution in [-0.4, -0.2) is 23.0 Å². The van der Waals surface area contributed by atoms with Crippen LogP contribution in [0.4, 0.5) is 0 Å². The van der Waals surface area contributed by atoms with E-state index in [0.717, 1.165) is 38.1 Å².